The van der Waals surface area contributed by atoms with E-state index < -0.39 is 0 Å². The van der Waals surface area contributed by atoms with Gasteiger partial charge in [-0.25, -0.2) is 4.98 Å². The van der Waals surface area contributed by atoms with Gasteiger partial charge in [-0.2, -0.15) is 0 Å². The summed E-state index contributed by atoms with van der Waals surface area (Å²) >= 11 is 0. The summed E-state index contributed by atoms with van der Waals surface area (Å²) in [5, 5.41) is 4.20. The molecule has 0 aliphatic heterocycles. The van der Waals surface area contributed by atoms with Crippen LogP contribution in [0.3, 0.4) is 0 Å². The third-order valence-electron chi connectivity index (χ3n) is 4.47. The van der Waals surface area contributed by atoms with Gasteiger partial charge in [0, 0.05) is 24.4 Å². The van der Waals surface area contributed by atoms with Gasteiger partial charge >= 0.3 is 0 Å². The lowest BCUT2D eigenvalue weighted by atomic mass is 10.1. The molecule has 1 aliphatic rings. The zero-order valence-electron chi connectivity index (χ0n) is 14.7. The Hall–Kier alpha value is -2.76. The fourth-order valence-electron chi connectivity index (χ4n) is 3.09. The molecule has 0 unspecified atom stereocenters. The third kappa shape index (κ3) is 2.99. The van der Waals surface area contributed by atoms with Crippen LogP contribution in [0.4, 0.5) is 0 Å². The molecule has 0 saturated heterocycles. The molecule has 25 heavy (non-hydrogen) atoms. The lowest BCUT2D eigenvalue weighted by Gasteiger charge is -2.14. The Morgan fingerprint density at radius 1 is 1.20 bits per heavy atom. The molecule has 0 N–H and O–H groups in total. The van der Waals surface area contributed by atoms with Gasteiger partial charge in [0.25, 0.3) is 0 Å². The second-order valence-corrected chi connectivity index (χ2v) is 6.42. The summed E-state index contributed by atoms with van der Waals surface area (Å²) in [7, 11) is 3.28. The molecule has 1 fully saturated rings. The lowest BCUT2D eigenvalue weighted by Crippen LogP contribution is -2.03. The molecule has 6 heteroatoms. The minimum absolute atomic E-state index is 0.560. The van der Waals surface area contributed by atoms with Crippen molar-refractivity contribution in [1.82, 2.24) is 14.7 Å². The SMILES string of the molecule is COc1cc(C)cc(-c2nccn2Cc2cc(C3CC3)on2)c1OC. The summed E-state index contributed by atoms with van der Waals surface area (Å²) in [6.45, 7) is 2.63. The van der Waals surface area contributed by atoms with Crippen LogP contribution in [0, 0.1) is 6.92 Å². The maximum absolute atomic E-state index is 5.58. The zero-order valence-corrected chi connectivity index (χ0v) is 14.7. The van der Waals surface area contributed by atoms with Gasteiger partial charge < -0.3 is 18.6 Å². The van der Waals surface area contributed by atoms with E-state index in [4.69, 9.17) is 14.0 Å². The molecule has 130 valence electrons. The molecule has 1 aliphatic carbocycles. The van der Waals surface area contributed by atoms with E-state index in [1.807, 2.05) is 23.8 Å². The second-order valence-electron chi connectivity index (χ2n) is 6.42. The van der Waals surface area contributed by atoms with E-state index >= 15 is 0 Å². The van der Waals surface area contributed by atoms with Gasteiger partial charge in [-0.05, 0) is 37.5 Å². The number of aryl methyl sites for hydroxylation is 1. The molecule has 0 atom stereocenters. The minimum Gasteiger partial charge on any atom is -0.493 e. The number of methoxy groups -OCH3 is 2. The summed E-state index contributed by atoms with van der Waals surface area (Å²) in [6.07, 6.45) is 6.12. The maximum atomic E-state index is 5.58. The van der Waals surface area contributed by atoms with Crippen molar-refractivity contribution >= 4 is 0 Å². The van der Waals surface area contributed by atoms with Gasteiger partial charge in [0.2, 0.25) is 0 Å². The topological polar surface area (TPSA) is 62.3 Å². The summed E-state index contributed by atoms with van der Waals surface area (Å²) in [6, 6.07) is 6.06. The van der Waals surface area contributed by atoms with Crippen molar-refractivity contribution < 1.29 is 14.0 Å². The Bertz CT molecular complexity index is 893. The van der Waals surface area contributed by atoms with Crippen molar-refractivity contribution in [3.8, 4) is 22.9 Å². The Labute approximate surface area is 146 Å². The van der Waals surface area contributed by atoms with Crippen LogP contribution in [0.5, 0.6) is 11.5 Å². The van der Waals surface area contributed by atoms with Crippen LogP contribution in [-0.2, 0) is 6.54 Å². The van der Waals surface area contributed by atoms with Crippen molar-refractivity contribution in [3.63, 3.8) is 0 Å². The van der Waals surface area contributed by atoms with Crippen molar-refractivity contribution in [2.24, 2.45) is 0 Å². The van der Waals surface area contributed by atoms with Crippen molar-refractivity contribution in [3.05, 3.63) is 47.6 Å². The van der Waals surface area contributed by atoms with Gasteiger partial charge in [0.1, 0.15) is 17.3 Å². The Kier molecular flexibility index (Phi) is 3.95. The Morgan fingerprint density at radius 3 is 2.76 bits per heavy atom. The average Bonchev–Trinajstić information content (AvgIpc) is 3.19. The van der Waals surface area contributed by atoms with Crippen LogP contribution in [0.2, 0.25) is 0 Å². The normalized spacial score (nSPS) is 13.9. The highest BCUT2D eigenvalue weighted by molar-refractivity contribution is 5.70. The number of ether oxygens (including phenoxy) is 2. The van der Waals surface area contributed by atoms with Crippen LogP contribution in [0.1, 0.15) is 35.8 Å². The first-order chi connectivity index (χ1) is 12.2. The molecule has 0 bridgehead atoms. The monoisotopic (exact) mass is 339 g/mol. The Morgan fingerprint density at radius 2 is 2.04 bits per heavy atom. The zero-order chi connectivity index (χ0) is 17.4. The van der Waals surface area contributed by atoms with Crippen molar-refractivity contribution in [1.29, 1.82) is 0 Å². The van der Waals surface area contributed by atoms with Crippen LogP contribution in [0.15, 0.2) is 35.1 Å². The van der Waals surface area contributed by atoms with Crippen LogP contribution < -0.4 is 9.47 Å². The largest absolute Gasteiger partial charge is 0.493 e. The standard InChI is InChI=1S/C19H21N3O3/c1-12-8-15(18(24-3)17(9-12)23-2)19-20-6-7-22(19)11-14-10-16(25-21-14)13-4-5-13/h6-10,13H,4-5,11H2,1-3H3. The van der Waals surface area contributed by atoms with E-state index in [0.29, 0.717) is 24.0 Å². The predicted octanol–water partition coefficient (Wildman–Crippen LogP) is 3.79. The fraction of sp³-hybridized carbons (Fsp3) is 0.368. The van der Waals surface area contributed by atoms with Gasteiger partial charge in [-0.3, -0.25) is 0 Å². The number of imidazole rings is 1. The highest BCUT2D eigenvalue weighted by Crippen LogP contribution is 2.41. The Balaban J connectivity index is 1.70. The molecule has 6 nitrogen and oxygen atoms in total. The maximum Gasteiger partial charge on any atom is 0.171 e. The second kappa shape index (κ2) is 6.27. The van der Waals surface area contributed by atoms with E-state index in [0.717, 1.165) is 28.4 Å². The molecule has 2 heterocycles. The average molecular weight is 339 g/mol. The van der Waals surface area contributed by atoms with Gasteiger partial charge in [0.15, 0.2) is 11.5 Å². The van der Waals surface area contributed by atoms with E-state index in [1.165, 1.54) is 12.8 Å². The van der Waals surface area contributed by atoms with E-state index in [-0.39, 0.29) is 0 Å². The number of aromatic nitrogens is 3. The smallest absolute Gasteiger partial charge is 0.171 e. The molecule has 4 rings (SSSR count). The van der Waals surface area contributed by atoms with Gasteiger partial charge in [-0.15, -0.1) is 0 Å². The first kappa shape index (κ1) is 15.7. The van der Waals surface area contributed by atoms with Crippen LogP contribution in [0.25, 0.3) is 11.4 Å². The van der Waals surface area contributed by atoms with Crippen molar-refractivity contribution in [2.75, 3.05) is 14.2 Å². The highest BCUT2D eigenvalue weighted by Gasteiger charge is 2.28. The molecular weight excluding hydrogens is 318 g/mol. The molecule has 0 spiro atoms. The van der Waals surface area contributed by atoms with Crippen LogP contribution >= 0.6 is 0 Å². The molecular formula is C19H21N3O3. The molecule has 2 aromatic heterocycles. The quantitative estimate of drug-likeness (QED) is 0.684. The number of nitrogens with zero attached hydrogens (tertiary/aromatic N) is 3. The number of hydrogen-bond donors (Lipinski definition) is 0. The fourth-order valence-corrected chi connectivity index (χ4v) is 3.09. The molecule has 1 aromatic carbocycles. The summed E-state index contributed by atoms with van der Waals surface area (Å²) in [4.78, 5) is 4.53. The first-order valence-corrected chi connectivity index (χ1v) is 8.39. The lowest BCUT2D eigenvalue weighted by molar-refractivity contribution is 0.355. The third-order valence-corrected chi connectivity index (χ3v) is 4.47. The predicted molar refractivity (Wildman–Crippen MR) is 93.1 cm³/mol. The molecule has 3 aromatic rings. The molecule has 0 amide bonds. The highest BCUT2D eigenvalue weighted by atomic mass is 16.5. The number of rotatable bonds is 6. The van der Waals surface area contributed by atoms with Crippen LogP contribution in [-0.4, -0.2) is 28.9 Å². The summed E-state index contributed by atoms with van der Waals surface area (Å²) in [5.74, 6) is 3.75. The van der Waals surface area contributed by atoms with E-state index in [1.54, 1.807) is 20.4 Å². The summed E-state index contributed by atoms with van der Waals surface area (Å²) in [5.41, 5.74) is 2.88. The summed E-state index contributed by atoms with van der Waals surface area (Å²) < 4.78 is 18.5. The van der Waals surface area contributed by atoms with Crippen molar-refractivity contribution in [2.45, 2.75) is 32.2 Å². The molecule has 1 saturated carbocycles. The number of hydrogen-bond acceptors (Lipinski definition) is 5. The van der Waals surface area contributed by atoms with E-state index in [9.17, 15) is 0 Å². The van der Waals surface area contributed by atoms with Gasteiger partial charge in [-0.1, -0.05) is 5.16 Å². The van der Waals surface area contributed by atoms with Gasteiger partial charge in [0.05, 0.1) is 26.3 Å². The number of benzene rings is 1. The first-order valence-electron chi connectivity index (χ1n) is 8.39. The molecule has 0 radical (unpaired) electrons. The van der Waals surface area contributed by atoms with E-state index in [2.05, 4.69) is 22.3 Å². The minimum atomic E-state index is 0.560.